The van der Waals surface area contributed by atoms with Gasteiger partial charge in [-0.2, -0.15) is 9.57 Å². The first-order valence-corrected chi connectivity index (χ1v) is 13.0. The fourth-order valence-electron chi connectivity index (χ4n) is 4.21. The van der Waals surface area contributed by atoms with Crippen molar-refractivity contribution in [1.82, 2.24) is 14.5 Å². The second-order valence-corrected chi connectivity index (χ2v) is 10.5. The van der Waals surface area contributed by atoms with Gasteiger partial charge in [0.25, 0.3) is 0 Å². The minimum atomic E-state index is -3.63. The fourth-order valence-corrected chi connectivity index (χ4v) is 5.63. The molecule has 1 aliphatic heterocycles. The zero-order valence-electron chi connectivity index (χ0n) is 19.4. The molecule has 1 amide bonds. The SMILES string of the molecule is N#Cc1ccc(S(=O)(=O)N2CCN(CC(=O)N[C@@H](Cc3ccccc3)c3ccccc3)CC2)cc1. The molecule has 0 spiro atoms. The van der Waals surface area contributed by atoms with Crippen LogP contribution in [0.4, 0.5) is 0 Å². The molecule has 3 aromatic carbocycles. The first-order valence-electron chi connectivity index (χ1n) is 11.6. The Bertz CT molecular complexity index is 1270. The van der Waals surface area contributed by atoms with Crippen molar-refractivity contribution in [2.24, 2.45) is 0 Å². The molecule has 0 radical (unpaired) electrons. The van der Waals surface area contributed by atoms with Gasteiger partial charge in [-0.15, -0.1) is 0 Å². The quantitative estimate of drug-likeness (QED) is 0.526. The van der Waals surface area contributed by atoms with E-state index in [9.17, 15) is 13.2 Å². The van der Waals surface area contributed by atoms with Crippen LogP contribution in [-0.4, -0.2) is 56.3 Å². The van der Waals surface area contributed by atoms with Gasteiger partial charge >= 0.3 is 0 Å². The summed E-state index contributed by atoms with van der Waals surface area (Å²) in [5.41, 5.74) is 2.60. The number of hydrogen-bond acceptors (Lipinski definition) is 5. The van der Waals surface area contributed by atoms with Crippen LogP contribution in [0.3, 0.4) is 0 Å². The van der Waals surface area contributed by atoms with E-state index in [1.165, 1.54) is 28.6 Å². The number of hydrogen-bond donors (Lipinski definition) is 1. The Labute approximate surface area is 206 Å². The molecule has 1 saturated heterocycles. The number of carbonyl (C=O) groups excluding carboxylic acids is 1. The molecule has 0 saturated carbocycles. The van der Waals surface area contributed by atoms with Crippen LogP contribution in [0.25, 0.3) is 0 Å². The number of nitriles is 1. The number of sulfonamides is 1. The third-order valence-corrected chi connectivity index (χ3v) is 8.05. The molecule has 0 bridgehead atoms. The standard InChI is InChI=1S/C27H28N4O3S/c28-20-23-11-13-25(14-12-23)35(33,34)31-17-15-30(16-18-31)21-27(32)29-26(24-9-5-2-6-10-24)19-22-7-3-1-4-8-22/h1-14,26H,15-19,21H2,(H,29,32)/t26-/m0/s1. The molecule has 0 aromatic heterocycles. The minimum Gasteiger partial charge on any atom is -0.348 e. The van der Waals surface area contributed by atoms with Crippen LogP contribution < -0.4 is 5.32 Å². The van der Waals surface area contributed by atoms with E-state index >= 15 is 0 Å². The number of piperazine rings is 1. The summed E-state index contributed by atoms with van der Waals surface area (Å²) in [6, 6.07) is 27.8. The monoisotopic (exact) mass is 488 g/mol. The summed E-state index contributed by atoms with van der Waals surface area (Å²) in [4.78, 5) is 15.1. The average molecular weight is 489 g/mol. The normalized spacial score (nSPS) is 15.7. The largest absolute Gasteiger partial charge is 0.348 e. The van der Waals surface area contributed by atoms with Crippen LogP contribution in [-0.2, 0) is 21.2 Å². The molecule has 8 heteroatoms. The van der Waals surface area contributed by atoms with Gasteiger partial charge in [0.05, 0.1) is 29.1 Å². The lowest BCUT2D eigenvalue weighted by Gasteiger charge is -2.33. The van der Waals surface area contributed by atoms with Gasteiger partial charge < -0.3 is 5.32 Å². The summed E-state index contributed by atoms with van der Waals surface area (Å²) in [6.07, 6.45) is 0.688. The van der Waals surface area contributed by atoms with Crippen molar-refractivity contribution in [3.8, 4) is 6.07 Å². The molecule has 35 heavy (non-hydrogen) atoms. The van der Waals surface area contributed by atoms with E-state index in [0.717, 1.165) is 11.1 Å². The van der Waals surface area contributed by atoms with Crippen molar-refractivity contribution in [3.05, 3.63) is 102 Å². The molecular formula is C27H28N4O3S. The maximum Gasteiger partial charge on any atom is 0.243 e. The highest BCUT2D eigenvalue weighted by molar-refractivity contribution is 7.89. The highest BCUT2D eigenvalue weighted by Gasteiger charge is 2.29. The van der Waals surface area contributed by atoms with Crippen molar-refractivity contribution in [2.75, 3.05) is 32.7 Å². The summed E-state index contributed by atoms with van der Waals surface area (Å²) in [5.74, 6) is -0.0850. The van der Waals surface area contributed by atoms with Gasteiger partial charge in [0.1, 0.15) is 0 Å². The van der Waals surface area contributed by atoms with E-state index < -0.39 is 10.0 Å². The first kappa shape index (κ1) is 24.6. The van der Waals surface area contributed by atoms with E-state index in [2.05, 4.69) is 17.4 Å². The molecule has 4 rings (SSSR count). The number of nitrogens with zero attached hydrogens (tertiary/aromatic N) is 3. The van der Waals surface area contributed by atoms with Crippen LogP contribution in [0, 0.1) is 11.3 Å². The number of amides is 1. The maximum absolute atomic E-state index is 12.9. The molecule has 1 aliphatic rings. The Kier molecular flexibility index (Phi) is 7.93. The predicted molar refractivity (Wildman–Crippen MR) is 134 cm³/mol. The van der Waals surface area contributed by atoms with Crippen molar-refractivity contribution in [3.63, 3.8) is 0 Å². The van der Waals surface area contributed by atoms with E-state index in [1.807, 2.05) is 59.5 Å². The zero-order chi connectivity index (χ0) is 24.7. The van der Waals surface area contributed by atoms with E-state index in [4.69, 9.17) is 5.26 Å². The lowest BCUT2D eigenvalue weighted by molar-refractivity contribution is -0.123. The van der Waals surface area contributed by atoms with E-state index in [0.29, 0.717) is 38.2 Å². The summed E-state index contributed by atoms with van der Waals surface area (Å²) >= 11 is 0. The summed E-state index contributed by atoms with van der Waals surface area (Å²) in [7, 11) is -3.63. The second-order valence-electron chi connectivity index (χ2n) is 8.54. The third kappa shape index (κ3) is 6.34. The van der Waals surface area contributed by atoms with Crippen LogP contribution in [0.5, 0.6) is 0 Å². The second kappa shape index (κ2) is 11.3. The highest BCUT2D eigenvalue weighted by Crippen LogP contribution is 2.20. The van der Waals surface area contributed by atoms with Crippen LogP contribution in [0.15, 0.2) is 89.8 Å². The molecule has 1 fully saturated rings. The number of nitrogens with one attached hydrogen (secondary N) is 1. The molecule has 180 valence electrons. The maximum atomic E-state index is 12.9. The molecule has 3 aromatic rings. The molecular weight excluding hydrogens is 460 g/mol. The lowest BCUT2D eigenvalue weighted by Crippen LogP contribution is -2.51. The summed E-state index contributed by atoms with van der Waals surface area (Å²) < 4.78 is 27.3. The van der Waals surface area contributed by atoms with Crippen molar-refractivity contribution < 1.29 is 13.2 Å². The van der Waals surface area contributed by atoms with E-state index in [-0.39, 0.29) is 23.4 Å². The van der Waals surface area contributed by atoms with Crippen LogP contribution in [0.2, 0.25) is 0 Å². The zero-order valence-corrected chi connectivity index (χ0v) is 20.2. The Morgan fingerprint density at radius 2 is 1.49 bits per heavy atom. The van der Waals surface area contributed by atoms with Crippen LogP contribution >= 0.6 is 0 Å². The molecule has 0 aliphatic carbocycles. The Hall–Kier alpha value is -3.51. The third-order valence-electron chi connectivity index (χ3n) is 6.14. The fraction of sp³-hybridized carbons (Fsp3) is 0.259. The Balaban J connectivity index is 1.34. The molecule has 1 N–H and O–H groups in total. The predicted octanol–water partition coefficient (Wildman–Crippen LogP) is 2.96. The molecule has 1 atom stereocenters. The average Bonchev–Trinajstić information content (AvgIpc) is 2.90. The highest BCUT2D eigenvalue weighted by atomic mass is 32.2. The van der Waals surface area contributed by atoms with Gasteiger partial charge in [0.15, 0.2) is 0 Å². The van der Waals surface area contributed by atoms with Gasteiger partial charge in [-0.1, -0.05) is 60.7 Å². The number of carbonyl (C=O) groups is 1. The van der Waals surface area contributed by atoms with Crippen molar-refractivity contribution in [1.29, 1.82) is 5.26 Å². The van der Waals surface area contributed by atoms with Gasteiger partial charge in [0.2, 0.25) is 15.9 Å². The van der Waals surface area contributed by atoms with Crippen molar-refractivity contribution >= 4 is 15.9 Å². The van der Waals surface area contributed by atoms with E-state index in [1.54, 1.807) is 0 Å². The Morgan fingerprint density at radius 1 is 0.886 bits per heavy atom. The minimum absolute atomic E-state index is 0.0850. The van der Waals surface area contributed by atoms with Crippen molar-refractivity contribution in [2.45, 2.75) is 17.4 Å². The summed E-state index contributed by atoms with van der Waals surface area (Å²) in [6.45, 7) is 1.77. The number of rotatable bonds is 8. The van der Waals surface area contributed by atoms with Gasteiger partial charge in [-0.05, 0) is 41.8 Å². The Morgan fingerprint density at radius 3 is 2.09 bits per heavy atom. The number of benzene rings is 3. The van der Waals surface area contributed by atoms with Crippen LogP contribution in [0.1, 0.15) is 22.7 Å². The first-order chi connectivity index (χ1) is 17.0. The topological polar surface area (TPSA) is 93.5 Å². The molecule has 7 nitrogen and oxygen atoms in total. The molecule has 1 heterocycles. The lowest BCUT2D eigenvalue weighted by atomic mass is 9.99. The van der Waals surface area contributed by atoms with Gasteiger partial charge in [-0.3, -0.25) is 9.69 Å². The molecule has 0 unspecified atom stereocenters. The smallest absolute Gasteiger partial charge is 0.243 e. The van der Waals surface area contributed by atoms with Gasteiger partial charge in [0, 0.05) is 26.2 Å². The summed E-state index contributed by atoms with van der Waals surface area (Å²) in [5, 5.41) is 12.1. The van der Waals surface area contributed by atoms with Gasteiger partial charge in [-0.25, -0.2) is 8.42 Å².